The van der Waals surface area contributed by atoms with Crippen molar-refractivity contribution >= 4 is 17.4 Å². The summed E-state index contributed by atoms with van der Waals surface area (Å²) in [5.74, 6) is 0.498. The molecule has 0 aliphatic heterocycles. The molecule has 1 heterocycles. The summed E-state index contributed by atoms with van der Waals surface area (Å²) >= 11 is 5.99. The zero-order chi connectivity index (χ0) is 13.8. The van der Waals surface area contributed by atoms with Crippen molar-refractivity contribution in [2.24, 2.45) is 0 Å². The molecule has 0 saturated carbocycles. The Morgan fingerprint density at radius 1 is 1.33 bits per heavy atom. The highest BCUT2D eigenvalue weighted by molar-refractivity contribution is 6.31. The average Bonchev–Trinajstić information content (AvgIpc) is 2.30. The predicted molar refractivity (Wildman–Crippen MR) is 72.1 cm³/mol. The second-order valence-corrected chi connectivity index (χ2v) is 4.99. The van der Waals surface area contributed by atoms with E-state index >= 15 is 0 Å². The van der Waals surface area contributed by atoms with Gasteiger partial charge < -0.3 is 15.2 Å². The second-order valence-electron chi connectivity index (χ2n) is 4.63. The molecule has 0 amide bonds. The summed E-state index contributed by atoms with van der Waals surface area (Å²) in [6.45, 7) is 6.30. The highest BCUT2D eigenvalue weighted by Gasteiger charge is 2.20. The van der Waals surface area contributed by atoms with Gasteiger partial charge in [-0.3, -0.25) is 0 Å². The molecule has 1 aromatic heterocycles. The van der Waals surface area contributed by atoms with E-state index in [4.69, 9.17) is 16.3 Å². The molecule has 0 aliphatic rings. The van der Waals surface area contributed by atoms with Gasteiger partial charge in [0.25, 0.3) is 0 Å². The van der Waals surface area contributed by atoms with Gasteiger partial charge in [0.15, 0.2) is 11.0 Å². The zero-order valence-electron chi connectivity index (χ0n) is 11.2. The van der Waals surface area contributed by atoms with Crippen LogP contribution < -0.4 is 5.32 Å². The molecule has 1 rings (SSSR count). The van der Waals surface area contributed by atoms with E-state index in [9.17, 15) is 5.11 Å². The maximum atomic E-state index is 10.1. The number of nitrogens with zero attached hydrogens (tertiary/aromatic N) is 2. The number of nitrogens with one attached hydrogen (secondary N) is 1. The lowest BCUT2D eigenvalue weighted by Crippen LogP contribution is -2.35. The summed E-state index contributed by atoms with van der Waals surface area (Å²) in [7, 11) is 1.61. The van der Waals surface area contributed by atoms with Crippen LogP contribution in [0.15, 0.2) is 0 Å². The third kappa shape index (κ3) is 4.40. The van der Waals surface area contributed by atoms with Crippen molar-refractivity contribution in [3.05, 3.63) is 16.5 Å². The topological polar surface area (TPSA) is 67.3 Å². The Morgan fingerprint density at radius 3 is 2.56 bits per heavy atom. The number of rotatable bonds is 6. The molecule has 1 unspecified atom stereocenters. The number of aromatic nitrogens is 2. The van der Waals surface area contributed by atoms with Gasteiger partial charge in [-0.1, -0.05) is 11.6 Å². The van der Waals surface area contributed by atoms with Crippen molar-refractivity contribution in [2.75, 3.05) is 25.6 Å². The molecular weight excluding hydrogens is 254 g/mol. The summed E-state index contributed by atoms with van der Waals surface area (Å²) < 4.78 is 4.95. The molecule has 0 fully saturated rings. The minimum atomic E-state index is -0.875. The number of methoxy groups -OCH3 is 1. The average molecular weight is 274 g/mol. The van der Waals surface area contributed by atoms with Crippen molar-refractivity contribution < 1.29 is 9.84 Å². The van der Waals surface area contributed by atoms with Gasteiger partial charge in [0.1, 0.15) is 0 Å². The van der Waals surface area contributed by atoms with E-state index in [1.807, 2.05) is 13.8 Å². The fourth-order valence-corrected chi connectivity index (χ4v) is 1.61. The number of aryl methyl sites for hydroxylation is 2. The van der Waals surface area contributed by atoms with Crippen LogP contribution >= 0.6 is 11.6 Å². The van der Waals surface area contributed by atoms with Crippen LogP contribution in [-0.4, -0.2) is 40.9 Å². The molecule has 6 heteroatoms. The fraction of sp³-hybridized carbons (Fsp3) is 0.667. The zero-order valence-corrected chi connectivity index (χ0v) is 12.0. The molecule has 0 saturated heterocycles. The molecule has 1 aromatic rings. The first kappa shape index (κ1) is 15.1. The van der Waals surface area contributed by atoms with E-state index < -0.39 is 5.60 Å². The van der Waals surface area contributed by atoms with Gasteiger partial charge in [-0.2, -0.15) is 0 Å². The van der Waals surface area contributed by atoms with Crippen LogP contribution in [0.5, 0.6) is 0 Å². The molecule has 18 heavy (non-hydrogen) atoms. The monoisotopic (exact) mass is 273 g/mol. The van der Waals surface area contributed by atoms with Crippen molar-refractivity contribution in [2.45, 2.75) is 32.8 Å². The van der Waals surface area contributed by atoms with E-state index in [1.54, 1.807) is 14.0 Å². The number of anilines is 1. The van der Waals surface area contributed by atoms with Crippen LogP contribution in [0.3, 0.4) is 0 Å². The molecule has 2 N–H and O–H groups in total. The van der Waals surface area contributed by atoms with Gasteiger partial charge in [-0.15, -0.1) is 0 Å². The number of halogens is 1. The molecule has 0 spiro atoms. The van der Waals surface area contributed by atoms with Crippen molar-refractivity contribution in [3.8, 4) is 0 Å². The van der Waals surface area contributed by atoms with Crippen molar-refractivity contribution in [3.63, 3.8) is 0 Å². The first-order valence-corrected chi connectivity index (χ1v) is 6.19. The van der Waals surface area contributed by atoms with Gasteiger partial charge in [0.2, 0.25) is 0 Å². The van der Waals surface area contributed by atoms with Crippen molar-refractivity contribution in [1.29, 1.82) is 0 Å². The lowest BCUT2D eigenvalue weighted by molar-refractivity contribution is 0.0357. The second kappa shape index (κ2) is 6.31. The third-order valence-corrected chi connectivity index (χ3v) is 3.01. The van der Waals surface area contributed by atoms with Gasteiger partial charge in [0.05, 0.1) is 17.0 Å². The van der Waals surface area contributed by atoms with Crippen LogP contribution in [0, 0.1) is 13.8 Å². The van der Waals surface area contributed by atoms with Gasteiger partial charge in [-0.25, -0.2) is 9.97 Å². The Labute approximate surface area is 113 Å². The summed E-state index contributed by atoms with van der Waals surface area (Å²) in [5, 5.41) is 13.4. The van der Waals surface area contributed by atoms with Crippen LogP contribution in [0.25, 0.3) is 0 Å². The van der Waals surface area contributed by atoms with E-state index in [2.05, 4.69) is 15.3 Å². The van der Waals surface area contributed by atoms with E-state index in [1.165, 1.54) is 0 Å². The van der Waals surface area contributed by atoms with Gasteiger partial charge in [-0.05, 0) is 20.8 Å². The van der Waals surface area contributed by atoms with Gasteiger partial charge in [0, 0.05) is 26.7 Å². The SMILES string of the molecule is COCCC(C)(O)CNc1nc(C)c(C)nc1Cl. The Balaban J connectivity index is 2.66. The summed E-state index contributed by atoms with van der Waals surface area (Å²) in [6.07, 6.45) is 0.534. The highest BCUT2D eigenvalue weighted by Crippen LogP contribution is 2.20. The maximum absolute atomic E-state index is 10.1. The minimum absolute atomic E-state index is 0.320. The largest absolute Gasteiger partial charge is 0.388 e. The quantitative estimate of drug-likeness (QED) is 0.829. The lowest BCUT2D eigenvalue weighted by Gasteiger charge is -2.23. The first-order chi connectivity index (χ1) is 8.35. The number of ether oxygens (including phenoxy) is 1. The third-order valence-electron chi connectivity index (χ3n) is 2.75. The molecule has 0 aliphatic carbocycles. The summed E-state index contributed by atoms with van der Waals surface area (Å²) in [5.41, 5.74) is 0.745. The molecule has 102 valence electrons. The van der Waals surface area contributed by atoms with E-state index in [-0.39, 0.29) is 0 Å². The van der Waals surface area contributed by atoms with Crippen LogP contribution in [0.4, 0.5) is 5.82 Å². The molecular formula is C12H20ClN3O2. The standard InChI is InChI=1S/C12H20ClN3O2/c1-8-9(2)16-11(10(13)15-8)14-7-12(3,17)5-6-18-4/h17H,5-7H2,1-4H3,(H,14,16). The Morgan fingerprint density at radius 2 is 1.94 bits per heavy atom. The lowest BCUT2D eigenvalue weighted by atomic mass is 10.0. The number of aliphatic hydroxyl groups is 1. The Kier molecular flexibility index (Phi) is 5.31. The van der Waals surface area contributed by atoms with Gasteiger partial charge >= 0.3 is 0 Å². The molecule has 0 aromatic carbocycles. The number of hydrogen-bond acceptors (Lipinski definition) is 5. The van der Waals surface area contributed by atoms with Crippen molar-refractivity contribution in [1.82, 2.24) is 9.97 Å². The summed E-state index contributed by atoms with van der Waals surface area (Å²) in [6, 6.07) is 0. The Hall–Kier alpha value is -0.910. The molecule has 1 atom stereocenters. The Bertz CT molecular complexity index is 411. The minimum Gasteiger partial charge on any atom is -0.388 e. The normalized spacial score (nSPS) is 14.3. The predicted octanol–water partition coefficient (Wildman–Crippen LogP) is 1.95. The first-order valence-electron chi connectivity index (χ1n) is 5.81. The number of hydrogen-bond donors (Lipinski definition) is 2. The smallest absolute Gasteiger partial charge is 0.171 e. The van der Waals surface area contributed by atoms with E-state index in [0.717, 1.165) is 11.4 Å². The van der Waals surface area contributed by atoms with Crippen LogP contribution in [0.2, 0.25) is 5.15 Å². The fourth-order valence-electron chi connectivity index (χ4n) is 1.37. The maximum Gasteiger partial charge on any atom is 0.171 e. The molecule has 0 radical (unpaired) electrons. The molecule has 0 bridgehead atoms. The van der Waals surface area contributed by atoms with Crippen LogP contribution in [-0.2, 0) is 4.74 Å². The summed E-state index contributed by atoms with van der Waals surface area (Å²) in [4.78, 5) is 8.48. The van der Waals surface area contributed by atoms with Crippen LogP contribution in [0.1, 0.15) is 24.7 Å². The van der Waals surface area contributed by atoms with E-state index in [0.29, 0.717) is 30.5 Å². The highest BCUT2D eigenvalue weighted by atomic mass is 35.5. The molecule has 5 nitrogen and oxygen atoms in total.